The lowest BCUT2D eigenvalue weighted by Crippen LogP contribution is -2.49. The van der Waals surface area contributed by atoms with Gasteiger partial charge in [0.2, 0.25) is 0 Å². The Kier molecular flexibility index (Phi) is 4.89. The summed E-state index contributed by atoms with van der Waals surface area (Å²) < 4.78 is 5.46. The van der Waals surface area contributed by atoms with Gasteiger partial charge in [0.1, 0.15) is 5.52 Å². The van der Waals surface area contributed by atoms with Crippen LogP contribution in [0.3, 0.4) is 0 Å². The summed E-state index contributed by atoms with van der Waals surface area (Å²) in [5, 5.41) is 2.98. The second-order valence-corrected chi connectivity index (χ2v) is 7.73. The van der Waals surface area contributed by atoms with Crippen LogP contribution in [0.15, 0.2) is 22.6 Å². The number of nitrogens with one attached hydrogen (secondary N) is 1. The second kappa shape index (κ2) is 6.97. The van der Waals surface area contributed by atoms with Gasteiger partial charge < -0.3 is 19.5 Å². The smallest absolute Gasteiger partial charge is 0.317 e. The number of aryl methyl sites for hydroxylation is 1. The first kappa shape index (κ1) is 18.2. The predicted octanol–water partition coefficient (Wildman–Crippen LogP) is 2.79. The van der Waals surface area contributed by atoms with Gasteiger partial charge in [0, 0.05) is 44.2 Å². The molecule has 2 heterocycles. The zero-order valence-electron chi connectivity index (χ0n) is 15.8. The molecule has 0 radical (unpaired) electrons. The summed E-state index contributed by atoms with van der Waals surface area (Å²) in [4.78, 5) is 33.1. The molecular formula is C19H26N4O3. The van der Waals surface area contributed by atoms with E-state index in [1.54, 1.807) is 34.9 Å². The molecule has 1 aromatic carbocycles. The van der Waals surface area contributed by atoms with Gasteiger partial charge >= 0.3 is 6.03 Å². The van der Waals surface area contributed by atoms with Gasteiger partial charge in [-0.3, -0.25) is 4.79 Å². The Morgan fingerprint density at radius 2 is 1.81 bits per heavy atom. The number of carbonyl (C=O) groups excluding carboxylic acids is 2. The van der Waals surface area contributed by atoms with Crippen molar-refractivity contribution in [1.29, 1.82) is 0 Å². The van der Waals surface area contributed by atoms with Crippen LogP contribution in [0.2, 0.25) is 0 Å². The number of nitrogens with zero attached hydrogens (tertiary/aromatic N) is 3. The molecule has 1 aliphatic rings. The summed E-state index contributed by atoms with van der Waals surface area (Å²) in [6.07, 6.45) is 0.759. The van der Waals surface area contributed by atoms with Crippen molar-refractivity contribution in [2.75, 3.05) is 26.2 Å². The zero-order chi connectivity index (χ0) is 18.9. The Morgan fingerprint density at radius 1 is 1.12 bits per heavy atom. The third kappa shape index (κ3) is 4.15. The highest BCUT2D eigenvalue weighted by atomic mass is 16.3. The fraction of sp³-hybridized carbons (Fsp3) is 0.526. The molecule has 7 nitrogen and oxygen atoms in total. The summed E-state index contributed by atoms with van der Waals surface area (Å²) in [5.74, 6) is 0.547. The van der Waals surface area contributed by atoms with Crippen molar-refractivity contribution >= 4 is 23.0 Å². The van der Waals surface area contributed by atoms with Crippen molar-refractivity contribution < 1.29 is 14.0 Å². The summed E-state index contributed by atoms with van der Waals surface area (Å²) in [6, 6.07) is 5.24. The Hall–Kier alpha value is -2.57. The van der Waals surface area contributed by atoms with Crippen molar-refractivity contribution in [2.24, 2.45) is 0 Å². The molecule has 0 saturated carbocycles. The van der Waals surface area contributed by atoms with Crippen LogP contribution in [0.1, 0.15) is 43.4 Å². The van der Waals surface area contributed by atoms with Crippen LogP contribution in [0.5, 0.6) is 0 Å². The molecule has 7 heteroatoms. The first-order valence-corrected chi connectivity index (χ1v) is 8.96. The van der Waals surface area contributed by atoms with Gasteiger partial charge in [-0.1, -0.05) is 0 Å². The van der Waals surface area contributed by atoms with Gasteiger partial charge in [-0.25, -0.2) is 9.78 Å². The fourth-order valence-electron chi connectivity index (χ4n) is 3.08. The number of hydrogen-bond donors (Lipinski definition) is 1. The Morgan fingerprint density at radius 3 is 2.54 bits per heavy atom. The molecule has 26 heavy (non-hydrogen) atoms. The van der Waals surface area contributed by atoms with E-state index in [0.29, 0.717) is 48.7 Å². The lowest BCUT2D eigenvalue weighted by Gasteiger charge is -2.27. The lowest BCUT2D eigenvalue weighted by atomic mass is 10.1. The van der Waals surface area contributed by atoms with E-state index in [-0.39, 0.29) is 17.5 Å². The molecule has 0 aliphatic carbocycles. The molecular weight excluding hydrogens is 332 g/mol. The van der Waals surface area contributed by atoms with Crippen LogP contribution in [0, 0.1) is 6.92 Å². The van der Waals surface area contributed by atoms with Crippen molar-refractivity contribution in [1.82, 2.24) is 20.1 Å². The molecule has 1 N–H and O–H groups in total. The number of benzene rings is 1. The normalized spacial score (nSPS) is 15.8. The van der Waals surface area contributed by atoms with Crippen molar-refractivity contribution in [3.8, 4) is 0 Å². The topological polar surface area (TPSA) is 78.7 Å². The first-order valence-electron chi connectivity index (χ1n) is 8.96. The molecule has 1 aliphatic heterocycles. The summed E-state index contributed by atoms with van der Waals surface area (Å²) in [5.41, 5.74) is 1.69. The van der Waals surface area contributed by atoms with E-state index in [4.69, 9.17) is 4.42 Å². The number of rotatable bonds is 1. The van der Waals surface area contributed by atoms with Crippen LogP contribution < -0.4 is 5.32 Å². The number of aromatic nitrogens is 1. The summed E-state index contributed by atoms with van der Waals surface area (Å²) >= 11 is 0. The summed E-state index contributed by atoms with van der Waals surface area (Å²) in [6.45, 7) is 9.99. The van der Waals surface area contributed by atoms with Crippen LogP contribution >= 0.6 is 0 Å². The third-order valence-electron chi connectivity index (χ3n) is 4.29. The Balaban J connectivity index is 1.67. The Labute approximate surface area is 153 Å². The van der Waals surface area contributed by atoms with E-state index >= 15 is 0 Å². The van der Waals surface area contributed by atoms with Crippen LogP contribution in [0.25, 0.3) is 11.1 Å². The monoisotopic (exact) mass is 358 g/mol. The van der Waals surface area contributed by atoms with Gasteiger partial charge in [-0.15, -0.1) is 0 Å². The van der Waals surface area contributed by atoms with Gasteiger partial charge in [-0.2, -0.15) is 0 Å². The highest BCUT2D eigenvalue weighted by molar-refractivity contribution is 5.97. The van der Waals surface area contributed by atoms with E-state index in [2.05, 4.69) is 10.3 Å². The van der Waals surface area contributed by atoms with Gasteiger partial charge in [-0.05, 0) is 45.4 Å². The molecule has 1 saturated heterocycles. The van der Waals surface area contributed by atoms with Crippen molar-refractivity contribution in [3.63, 3.8) is 0 Å². The average molecular weight is 358 g/mol. The number of amides is 3. The zero-order valence-corrected chi connectivity index (χ0v) is 15.8. The van der Waals surface area contributed by atoms with E-state index in [1.807, 2.05) is 20.8 Å². The average Bonchev–Trinajstić information content (AvgIpc) is 2.76. The van der Waals surface area contributed by atoms with Gasteiger partial charge in [0.25, 0.3) is 5.91 Å². The molecule has 0 atom stereocenters. The molecule has 0 bridgehead atoms. The Bertz CT molecular complexity index is 822. The SMILES string of the molecule is Cc1nc2cc(C(=O)N3CCCN(C(=O)NC(C)(C)C)CC3)ccc2o1. The maximum Gasteiger partial charge on any atom is 0.317 e. The molecule has 2 aromatic rings. The number of fused-ring (bicyclic) bond motifs is 1. The molecule has 0 spiro atoms. The van der Waals surface area contributed by atoms with Crippen molar-refractivity contribution in [2.45, 2.75) is 39.7 Å². The lowest BCUT2D eigenvalue weighted by molar-refractivity contribution is 0.0762. The molecule has 140 valence electrons. The number of carbonyl (C=O) groups is 2. The largest absolute Gasteiger partial charge is 0.441 e. The minimum atomic E-state index is -0.274. The maximum atomic E-state index is 12.9. The predicted molar refractivity (Wildman–Crippen MR) is 99.1 cm³/mol. The quantitative estimate of drug-likeness (QED) is 0.850. The minimum absolute atomic E-state index is 0.0365. The van der Waals surface area contributed by atoms with Gasteiger partial charge in [0.05, 0.1) is 0 Å². The number of hydrogen-bond acceptors (Lipinski definition) is 4. The summed E-state index contributed by atoms with van der Waals surface area (Å²) in [7, 11) is 0. The van der Waals surface area contributed by atoms with Crippen LogP contribution in [-0.4, -0.2) is 58.4 Å². The van der Waals surface area contributed by atoms with Crippen LogP contribution in [-0.2, 0) is 0 Å². The van der Waals surface area contributed by atoms with Gasteiger partial charge in [0.15, 0.2) is 11.5 Å². The molecule has 0 unspecified atom stereocenters. The highest BCUT2D eigenvalue weighted by Gasteiger charge is 2.25. The van der Waals surface area contributed by atoms with E-state index in [1.165, 1.54) is 0 Å². The first-order chi connectivity index (χ1) is 12.2. The van der Waals surface area contributed by atoms with Crippen LogP contribution in [0.4, 0.5) is 4.79 Å². The van der Waals surface area contributed by atoms with E-state index < -0.39 is 0 Å². The number of oxazole rings is 1. The van der Waals surface area contributed by atoms with E-state index in [0.717, 1.165) is 6.42 Å². The fourth-order valence-corrected chi connectivity index (χ4v) is 3.08. The van der Waals surface area contributed by atoms with Crippen molar-refractivity contribution in [3.05, 3.63) is 29.7 Å². The molecule has 1 fully saturated rings. The number of urea groups is 1. The maximum absolute atomic E-state index is 12.9. The molecule has 3 amide bonds. The highest BCUT2D eigenvalue weighted by Crippen LogP contribution is 2.18. The van der Waals surface area contributed by atoms with E-state index in [9.17, 15) is 9.59 Å². The molecule has 1 aromatic heterocycles. The molecule has 3 rings (SSSR count). The minimum Gasteiger partial charge on any atom is -0.441 e. The third-order valence-corrected chi connectivity index (χ3v) is 4.29. The standard InChI is InChI=1S/C19H26N4O3/c1-13-20-15-12-14(6-7-16(15)26-13)17(24)22-8-5-9-23(11-10-22)18(25)21-19(2,3)4/h6-7,12H,5,8-11H2,1-4H3,(H,21,25). The second-order valence-electron chi connectivity index (χ2n) is 7.73.